The molecule has 0 saturated heterocycles. The second kappa shape index (κ2) is 5.92. The maximum absolute atomic E-state index is 11.8. The molecular weight excluding hydrogens is 356 g/mol. The normalized spacial score (nSPS) is 25.9. The lowest BCUT2D eigenvalue weighted by atomic mass is 9.56. The van der Waals surface area contributed by atoms with Crippen LogP contribution in [0.3, 0.4) is 0 Å². The SMILES string of the molecule is C=CC(=O)NC12CCCC(Oc3nc(-c4cnn(C)c4)cn4nccc34)(C1)C2. The molecule has 0 spiro atoms. The average Bonchev–Trinajstić information content (AvgIpc) is 3.29. The molecule has 3 fully saturated rings. The van der Waals surface area contributed by atoms with Crippen molar-refractivity contribution in [3.63, 3.8) is 0 Å². The Bertz CT molecular complexity index is 1080. The number of nitrogens with one attached hydrogen (secondary N) is 1. The first kappa shape index (κ1) is 17.0. The summed E-state index contributed by atoms with van der Waals surface area (Å²) in [7, 11) is 1.87. The highest BCUT2D eigenvalue weighted by molar-refractivity contribution is 5.87. The molecule has 0 atom stereocenters. The summed E-state index contributed by atoms with van der Waals surface area (Å²) in [6.07, 6.45) is 13.2. The second-order valence-corrected chi connectivity index (χ2v) is 7.96. The smallest absolute Gasteiger partial charge is 0.243 e. The van der Waals surface area contributed by atoms with Crippen molar-refractivity contribution < 1.29 is 9.53 Å². The van der Waals surface area contributed by atoms with E-state index in [1.807, 2.05) is 25.5 Å². The summed E-state index contributed by atoms with van der Waals surface area (Å²) in [5.74, 6) is 0.454. The van der Waals surface area contributed by atoms with Gasteiger partial charge in [0.05, 0.1) is 24.3 Å². The number of hydrogen-bond donors (Lipinski definition) is 1. The Morgan fingerprint density at radius 3 is 2.93 bits per heavy atom. The second-order valence-electron chi connectivity index (χ2n) is 7.96. The molecule has 3 heterocycles. The molecule has 1 amide bonds. The lowest BCUT2D eigenvalue weighted by Gasteiger charge is -2.59. The van der Waals surface area contributed by atoms with Crippen LogP contribution >= 0.6 is 0 Å². The van der Waals surface area contributed by atoms with Gasteiger partial charge in [-0.05, 0) is 31.4 Å². The van der Waals surface area contributed by atoms with Gasteiger partial charge in [0.1, 0.15) is 11.1 Å². The predicted molar refractivity (Wildman–Crippen MR) is 103 cm³/mol. The number of amides is 1. The number of ether oxygens (including phenoxy) is 1. The molecule has 3 aliphatic rings. The third-order valence-electron chi connectivity index (χ3n) is 5.85. The highest BCUT2D eigenvalue weighted by atomic mass is 16.5. The molecule has 0 aromatic carbocycles. The molecule has 3 saturated carbocycles. The number of fused-ring (bicyclic) bond motifs is 3. The molecule has 0 unspecified atom stereocenters. The van der Waals surface area contributed by atoms with E-state index in [1.165, 1.54) is 6.08 Å². The largest absolute Gasteiger partial charge is 0.469 e. The summed E-state index contributed by atoms with van der Waals surface area (Å²) in [6, 6.07) is 1.90. The monoisotopic (exact) mass is 378 g/mol. The van der Waals surface area contributed by atoms with Gasteiger partial charge in [-0.25, -0.2) is 9.50 Å². The van der Waals surface area contributed by atoms with Gasteiger partial charge in [-0.1, -0.05) is 6.58 Å². The van der Waals surface area contributed by atoms with E-state index >= 15 is 0 Å². The summed E-state index contributed by atoms with van der Waals surface area (Å²) >= 11 is 0. The summed E-state index contributed by atoms with van der Waals surface area (Å²) in [6.45, 7) is 3.56. The van der Waals surface area contributed by atoms with Gasteiger partial charge in [-0.3, -0.25) is 9.48 Å². The van der Waals surface area contributed by atoms with E-state index in [0.717, 1.165) is 48.9 Å². The lowest BCUT2D eigenvalue weighted by Crippen LogP contribution is -2.69. The van der Waals surface area contributed by atoms with Crippen molar-refractivity contribution in [2.45, 2.75) is 43.2 Å². The average molecular weight is 378 g/mol. The summed E-state index contributed by atoms with van der Waals surface area (Å²) in [4.78, 5) is 16.6. The molecule has 3 aromatic rings. The minimum atomic E-state index is -0.294. The Kier molecular flexibility index (Phi) is 3.59. The van der Waals surface area contributed by atoms with Crippen LogP contribution in [0.1, 0.15) is 32.1 Å². The predicted octanol–water partition coefficient (Wildman–Crippen LogP) is 2.27. The highest BCUT2D eigenvalue weighted by Crippen LogP contribution is 2.54. The zero-order valence-corrected chi connectivity index (χ0v) is 15.8. The Balaban J connectivity index is 1.46. The van der Waals surface area contributed by atoms with Crippen molar-refractivity contribution in [3.05, 3.63) is 43.5 Å². The zero-order valence-electron chi connectivity index (χ0n) is 15.8. The molecule has 2 bridgehead atoms. The molecule has 6 rings (SSSR count). The zero-order chi connectivity index (χ0) is 19.4. The number of aromatic nitrogens is 5. The number of nitrogens with zero attached hydrogens (tertiary/aromatic N) is 5. The molecule has 3 aliphatic carbocycles. The van der Waals surface area contributed by atoms with Gasteiger partial charge >= 0.3 is 0 Å². The van der Waals surface area contributed by atoms with E-state index in [-0.39, 0.29) is 17.0 Å². The molecule has 3 aromatic heterocycles. The summed E-state index contributed by atoms with van der Waals surface area (Å²) in [5.41, 5.74) is 2.03. The van der Waals surface area contributed by atoms with Gasteiger partial charge < -0.3 is 10.1 Å². The molecule has 0 radical (unpaired) electrons. The van der Waals surface area contributed by atoms with Crippen molar-refractivity contribution in [2.24, 2.45) is 7.05 Å². The number of aryl methyl sites for hydroxylation is 1. The molecule has 28 heavy (non-hydrogen) atoms. The van der Waals surface area contributed by atoms with Crippen LogP contribution in [-0.4, -0.2) is 41.4 Å². The van der Waals surface area contributed by atoms with E-state index in [4.69, 9.17) is 9.72 Å². The molecule has 0 aliphatic heterocycles. The number of carbonyl (C=O) groups excluding carboxylic acids is 1. The number of carbonyl (C=O) groups is 1. The van der Waals surface area contributed by atoms with Gasteiger partial charge in [0, 0.05) is 37.2 Å². The van der Waals surface area contributed by atoms with Crippen molar-refractivity contribution in [1.29, 1.82) is 0 Å². The summed E-state index contributed by atoms with van der Waals surface area (Å²) < 4.78 is 10.0. The highest BCUT2D eigenvalue weighted by Gasteiger charge is 2.60. The standard InChI is InChI=1S/C20H22N6O2/c1-3-17(27)24-19-6-4-7-20(12-19,13-19)28-18-16-5-8-21-26(16)11-15(23-18)14-9-22-25(2)10-14/h3,5,8-11H,1,4,6-7,12-13H2,2H3,(H,24,27). The van der Waals surface area contributed by atoms with Gasteiger partial charge in [-0.2, -0.15) is 10.2 Å². The maximum atomic E-state index is 11.8. The Morgan fingerprint density at radius 1 is 1.32 bits per heavy atom. The molecule has 8 nitrogen and oxygen atoms in total. The minimum absolute atomic E-state index is 0.120. The topological polar surface area (TPSA) is 86.3 Å². The van der Waals surface area contributed by atoms with Crippen molar-refractivity contribution in [2.75, 3.05) is 0 Å². The maximum Gasteiger partial charge on any atom is 0.243 e. The van der Waals surface area contributed by atoms with E-state index in [9.17, 15) is 4.79 Å². The third kappa shape index (κ3) is 2.67. The van der Waals surface area contributed by atoms with Crippen LogP contribution in [0.5, 0.6) is 5.88 Å². The Labute approximate surface area is 162 Å². The van der Waals surface area contributed by atoms with Crippen molar-refractivity contribution in [3.8, 4) is 17.1 Å². The van der Waals surface area contributed by atoms with E-state index < -0.39 is 0 Å². The van der Waals surface area contributed by atoms with Crippen LogP contribution in [0.4, 0.5) is 0 Å². The first-order valence-electron chi connectivity index (χ1n) is 9.47. The van der Waals surface area contributed by atoms with Crippen molar-refractivity contribution >= 4 is 11.4 Å². The minimum Gasteiger partial charge on any atom is -0.469 e. The van der Waals surface area contributed by atoms with Crippen LogP contribution in [0.15, 0.2) is 43.5 Å². The Hall–Kier alpha value is -3.16. The lowest BCUT2D eigenvalue weighted by molar-refractivity contribution is -0.137. The van der Waals surface area contributed by atoms with Gasteiger partial charge in [-0.15, -0.1) is 0 Å². The van der Waals surface area contributed by atoms with Crippen LogP contribution in [0.2, 0.25) is 0 Å². The van der Waals surface area contributed by atoms with Crippen LogP contribution in [-0.2, 0) is 11.8 Å². The quantitative estimate of drug-likeness (QED) is 0.688. The van der Waals surface area contributed by atoms with Crippen molar-refractivity contribution in [1.82, 2.24) is 29.7 Å². The van der Waals surface area contributed by atoms with E-state index in [1.54, 1.807) is 21.6 Å². The summed E-state index contributed by atoms with van der Waals surface area (Å²) in [5, 5.41) is 11.7. The third-order valence-corrected chi connectivity index (χ3v) is 5.85. The first-order valence-corrected chi connectivity index (χ1v) is 9.47. The molecule has 144 valence electrons. The van der Waals surface area contributed by atoms with Gasteiger partial charge in [0.15, 0.2) is 0 Å². The molecule has 1 N–H and O–H groups in total. The van der Waals surface area contributed by atoms with Crippen LogP contribution in [0.25, 0.3) is 16.8 Å². The van der Waals surface area contributed by atoms with E-state index in [0.29, 0.717) is 5.88 Å². The number of rotatable bonds is 5. The van der Waals surface area contributed by atoms with Crippen LogP contribution in [0, 0.1) is 0 Å². The van der Waals surface area contributed by atoms with Gasteiger partial charge in [0.2, 0.25) is 11.8 Å². The Morgan fingerprint density at radius 2 is 2.18 bits per heavy atom. The fourth-order valence-corrected chi connectivity index (χ4v) is 4.74. The fraction of sp³-hybridized carbons (Fsp3) is 0.400. The first-order chi connectivity index (χ1) is 13.5. The van der Waals surface area contributed by atoms with Crippen LogP contribution < -0.4 is 10.1 Å². The number of hydrogen-bond acceptors (Lipinski definition) is 5. The van der Waals surface area contributed by atoms with E-state index in [2.05, 4.69) is 22.1 Å². The molecular formula is C20H22N6O2. The molecule has 8 heteroatoms. The van der Waals surface area contributed by atoms with Gasteiger partial charge in [0.25, 0.3) is 0 Å². The fourth-order valence-electron chi connectivity index (χ4n) is 4.74.